The third kappa shape index (κ3) is 1.37. The molecule has 2 rings (SSSR count). The van der Waals surface area contributed by atoms with Crippen molar-refractivity contribution in [3.05, 3.63) is 35.5 Å². The molecule has 0 unspecified atom stereocenters. The van der Waals surface area contributed by atoms with Crippen LogP contribution in [0.1, 0.15) is 25.0 Å². The maximum atomic E-state index is 4.21. The van der Waals surface area contributed by atoms with E-state index in [1.54, 1.807) is 0 Å². The predicted molar refractivity (Wildman–Crippen MR) is 58.3 cm³/mol. The van der Waals surface area contributed by atoms with E-state index in [1.165, 1.54) is 16.5 Å². The van der Waals surface area contributed by atoms with Crippen LogP contribution in [0.4, 0.5) is 0 Å². The number of rotatable bonds is 2. The highest BCUT2D eigenvalue weighted by molar-refractivity contribution is 5.84. The number of benzene rings is 1. The molecule has 0 saturated heterocycles. The van der Waals surface area contributed by atoms with E-state index in [4.69, 9.17) is 0 Å². The molecule has 1 aromatic heterocycles. The molecule has 72 valence electrons. The van der Waals surface area contributed by atoms with Crippen molar-refractivity contribution in [2.45, 2.75) is 26.7 Å². The molecule has 0 aliphatic heterocycles. The Labute approximate surface area is 84.0 Å². The van der Waals surface area contributed by atoms with Crippen LogP contribution >= 0.6 is 0 Å². The average Bonchev–Trinajstić information content (AvgIpc) is 2.27. The second kappa shape index (κ2) is 3.74. The lowest BCUT2D eigenvalue weighted by Crippen LogP contribution is -1.93. The van der Waals surface area contributed by atoms with E-state index in [0.717, 1.165) is 18.4 Å². The van der Waals surface area contributed by atoms with Gasteiger partial charge in [-0.2, -0.15) is 10.2 Å². The van der Waals surface area contributed by atoms with E-state index in [9.17, 15) is 0 Å². The summed E-state index contributed by atoms with van der Waals surface area (Å²) in [6, 6.07) is 6.35. The second-order valence-electron chi connectivity index (χ2n) is 3.39. The van der Waals surface area contributed by atoms with Gasteiger partial charge in [-0.05, 0) is 24.0 Å². The predicted octanol–water partition coefficient (Wildman–Crippen LogP) is 2.75. The molecule has 0 spiro atoms. The van der Waals surface area contributed by atoms with Gasteiger partial charge in [0, 0.05) is 5.39 Å². The summed E-state index contributed by atoms with van der Waals surface area (Å²) in [7, 11) is 0. The van der Waals surface area contributed by atoms with Crippen LogP contribution in [0.15, 0.2) is 24.4 Å². The molecule has 0 bridgehead atoms. The summed E-state index contributed by atoms with van der Waals surface area (Å²) in [5.74, 6) is 0. The van der Waals surface area contributed by atoms with Crippen molar-refractivity contribution >= 4 is 10.9 Å². The van der Waals surface area contributed by atoms with E-state index < -0.39 is 0 Å². The number of aromatic nitrogens is 2. The third-order valence-corrected chi connectivity index (χ3v) is 2.60. The molecule has 2 aromatic rings. The zero-order valence-electron chi connectivity index (χ0n) is 8.62. The maximum absolute atomic E-state index is 4.21. The Morgan fingerprint density at radius 1 is 1.07 bits per heavy atom. The van der Waals surface area contributed by atoms with Gasteiger partial charge in [-0.1, -0.05) is 32.0 Å². The second-order valence-corrected chi connectivity index (χ2v) is 3.39. The minimum atomic E-state index is 1.01. The molecule has 0 N–H and O–H groups in total. The minimum absolute atomic E-state index is 1.01. The standard InChI is InChI=1S/C12H14N2/c1-3-9-6-5-7-11-10(4-2)8-13-14-12(9)11/h5-8H,3-4H2,1-2H3. The summed E-state index contributed by atoms with van der Waals surface area (Å²) in [6.45, 7) is 4.30. The Kier molecular flexibility index (Phi) is 2.44. The van der Waals surface area contributed by atoms with Crippen LogP contribution < -0.4 is 0 Å². The molecule has 0 atom stereocenters. The van der Waals surface area contributed by atoms with E-state index in [2.05, 4.69) is 42.2 Å². The van der Waals surface area contributed by atoms with Gasteiger partial charge in [-0.3, -0.25) is 0 Å². The summed E-state index contributed by atoms with van der Waals surface area (Å²) >= 11 is 0. The van der Waals surface area contributed by atoms with Crippen LogP contribution in [0.25, 0.3) is 10.9 Å². The van der Waals surface area contributed by atoms with Gasteiger partial charge in [0.15, 0.2) is 0 Å². The molecule has 0 fully saturated rings. The fraction of sp³-hybridized carbons (Fsp3) is 0.333. The number of nitrogens with zero attached hydrogens (tertiary/aromatic N) is 2. The molecular weight excluding hydrogens is 172 g/mol. The summed E-state index contributed by atoms with van der Waals surface area (Å²) in [4.78, 5) is 0. The van der Waals surface area contributed by atoms with Gasteiger partial charge in [0.1, 0.15) is 0 Å². The summed E-state index contributed by atoms with van der Waals surface area (Å²) in [6.07, 6.45) is 3.89. The minimum Gasteiger partial charge on any atom is -0.158 e. The lowest BCUT2D eigenvalue weighted by atomic mass is 10.0. The molecule has 14 heavy (non-hydrogen) atoms. The van der Waals surface area contributed by atoms with Gasteiger partial charge in [-0.15, -0.1) is 0 Å². The first-order valence-electron chi connectivity index (χ1n) is 5.09. The zero-order chi connectivity index (χ0) is 9.97. The molecule has 2 nitrogen and oxygen atoms in total. The monoisotopic (exact) mass is 186 g/mol. The largest absolute Gasteiger partial charge is 0.158 e. The Hall–Kier alpha value is -1.44. The first-order chi connectivity index (χ1) is 6.86. The Bertz CT molecular complexity index is 406. The molecule has 0 saturated carbocycles. The lowest BCUT2D eigenvalue weighted by molar-refractivity contribution is 1.01. The van der Waals surface area contributed by atoms with Crippen molar-refractivity contribution in [2.75, 3.05) is 0 Å². The van der Waals surface area contributed by atoms with Crippen LogP contribution in [0.2, 0.25) is 0 Å². The van der Waals surface area contributed by atoms with Gasteiger partial charge >= 0.3 is 0 Å². The van der Waals surface area contributed by atoms with Gasteiger partial charge in [0.05, 0.1) is 11.7 Å². The van der Waals surface area contributed by atoms with Gasteiger partial charge in [0.2, 0.25) is 0 Å². The molecule has 1 heterocycles. The SMILES string of the molecule is CCc1cnnc2c(CC)cccc12. The third-order valence-electron chi connectivity index (χ3n) is 2.60. The Morgan fingerprint density at radius 3 is 2.57 bits per heavy atom. The summed E-state index contributed by atoms with van der Waals surface area (Å²) in [5, 5.41) is 9.50. The van der Waals surface area contributed by atoms with Gasteiger partial charge in [0.25, 0.3) is 0 Å². The maximum Gasteiger partial charge on any atom is 0.0964 e. The summed E-state index contributed by atoms with van der Waals surface area (Å²) < 4.78 is 0. The summed E-state index contributed by atoms with van der Waals surface area (Å²) in [5.41, 5.74) is 3.63. The highest BCUT2D eigenvalue weighted by Crippen LogP contribution is 2.19. The average molecular weight is 186 g/mol. The highest BCUT2D eigenvalue weighted by atomic mass is 15.1. The normalized spacial score (nSPS) is 10.7. The fourth-order valence-electron chi connectivity index (χ4n) is 1.76. The fourth-order valence-corrected chi connectivity index (χ4v) is 1.76. The van der Waals surface area contributed by atoms with Crippen molar-refractivity contribution in [3.63, 3.8) is 0 Å². The Balaban J connectivity index is 2.77. The van der Waals surface area contributed by atoms with Crippen molar-refractivity contribution in [2.24, 2.45) is 0 Å². The van der Waals surface area contributed by atoms with E-state index >= 15 is 0 Å². The van der Waals surface area contributed by atoms with Crippen LogP contribution in [-0.2, 0) is 12.8 Å². The number of aryl methyl sites for hydroxylation is 2. The number of fused-ring (bicyclic) bond motifs is 1. The quantitative estimate of drug-likeness (QED) is 0.720. The van der Waals surface area contributed by atoms with Gasteiger partial charge < -0.3 is 0 Å². The molecule has 0 amide bonds. The zero-order valence-corrected chi connectivity index (χ0v) is 8.62. The first-order valence-corrected chi connectivity index (χ1v) is 5.09. The van der Waals surface area contributed by atoms with E-state index in [1.807, 2.05) is 6.20 Å². The molecule has 0 aliphatic rings. The molecule has 0 aliphatic carbocycles. The van der Waals surface area contributed by atoms with Gasteiger partial charge in [-0.25, -0.2) is 0 Å². The van der Waals surface area contributed by atoms with Crippen molar-refractivity contribution in [3.8, 4) is 0 Å². The Morgan fingerprint density at radius 2 is 1.86 bits per heavy atom. The number of hydrogen-bond donors (Lipinski definition) is 0. The lowest BCUT2D eigenvalue weighted by Gasteiger charge is -2.05. The van der Waals surface area contributed by atoms with Crippen LogP contribution in [0, 0.1) is 0 Å². The van der Waals surface area contributed by atoms with Crippen LogP contribution in [0.3, 0.4) is 0 Å². The number of hydrogen-bond acceptors (Lipinski definition) is 2. The molecule has 0 radical (unpaired) electrons. The van der Waals surface area contributed by atoms with Crippen molar-refractivity contribution in [1.82, 2.24) is 10.2 Å². The van der Waals surface area contributed by atoms with E-state index in [0.29, 0.717) is 0 Å². The highest BCUT2D eigenvalue weighted by Gasteiger charge is 2.03. The molecular formula is C12H14N2. The topological polar surface area (TPSA) is 25.8 Å². The molecule has 2 heteroatoms. The van der Waals surface area contributed by atoms with Crippen molar-refractivity contribution < 1.29 is 0 Å². The smallest absolute Gasteiger partial charge is 0.0964 e. The van der Waals surface area contributed by atoms with Crippen LogP contribution in [0.5, 0.6) is 0 Å². The van der Waals surface area contributed by atoms with E-state index in [-0.39, 0.29) is 0 Å². The molecule has 1 aromatic carbocycles. The van der Waals surface area contributed by atoms with Crippen LogP contribution in [-0.4, -0.2) is 10.2 Å². The van der Waals surface area contributed by atoms with Crippen molar-refractivity contribution in [1.29, 1.82) is 0 Å². The first kappa shape index (κ1) is 9.13.